The molecular formula is C19H23FN2O2. The zero-order valence-corrected chi connectivity index (χ0v) is 13.6. The van der Waals surface area contributed by atoms with Gasteiger partial charge in [0.15, 0.2) is 0 Å². The molecule has 0 saturated heterocycles. The van der Waals surface area contributed by atoms with Crippen LogP contribution in [-0.2, 0) is 17.8 Å². The molecule has 0 saturated carbocycles. The maximum Gasteiger partial charge on any atom is 0.128 e. The van der Waals surface area contributed by atoms with Crippen molar-refractivity contribution in [2.45, 2.75) is 38.0 Å². The highest BCUT2D eigenvalue weighted by atomic mass is 19.1. The summed E-state index contributed by atoms with van der Waals surface area (Å²) in [7, 11) is 0. The number of aliphatic hydroxyl groups excluding tert-OH is 1. The molecule has 1 aromatic heterocycles. The Morgan fingerprint density at radius 1 is 1.29 bits per heavy atom. The summed E-state index contributed by atoms with van der Waals surface area (Å²) < 4.78 is 18.9. The van der Waals surface area contributed by atoms with Crippen LogP contribution in [0.1, 0.15) is 35.7 Å². The molecular weight excluding hydrogens is 307 g/mol. The van der Waals surface area contributed by atoms with E-state index in [4.69, 9.17) is 4.74 Å². The van der Waals surface area contributed by atoms with Crippen molar-refractivity contribution >= 4 is 0 Å². The van der Waals surface area contributed by atoms with Crippen LogP contribution in [0.25, 0.3) is 0 Å². The molecule has 128 valence electrons. The van der Waals surface area contributed by atoms with Crippen LogP contribution >= 0.6 is 0 Å². The number of nitrogens with zero attached hydrogens (tertiary/aromatic N) is 1. The Labute approximate surface area is 141 Å². The largest absolute Gasteiger partial charge is 0.389 e. The molecule has 2 atom stereocenters. The highest BCUT2D eigenvalue weighted by Gasteiger charge is 2.21. The van der Waals surface area contributed by atoms with Crippen LogP contribution in [0.5, 0.6) is 0 Å². The topological polar surface area (TPSA) is 54.4 Å². The van der Waals surface area contributed by atoms with Gasteiger partial charge in [-0.1, -0.05) is 24.3 Å². The van der Waals surface area contributed by atoms with Crippen molar-refractivity contribution in [3.05, 3.63) is 65.2 Å². The maximum atomic E-state index is 13.5. The lowest BCUT2D eigenvalue weighted by Gasteiger charge is -2.26. The first-order chi connectivity index (χ1) is 11.7. The average molecular weight is 330 g/mol. The highest BCUT2D eigenvalue weighted by molar-refractivity contribution is 5.26. The quantitative estimate of drug-likeness (QED) is 0.820. The molecule has 2 aromatic rings. The Balaban J connectivity index is 1.43. The fraction of sp³-hybridized carbons (Fsp3) is 0.421. The minimum atomic E-state index is -0.626. The van der Waals surface area contributed by atoms with Gasteiger partial charge in [-0.3, -0.25) is 4.98 Å². The fourth-order valence-electron chi connectivity index (χ4n) is 3.08. The molecule has 0 bridgehead atoms. The number of hydrogen-bond donors (Lipinski definition) is 2. The average Bonchev–Trinajstić information content (AvgIpc) is 2.61. The molecule has 0 fully saturated rings. The first kappa shape index (κ1) is 17.0. The van der Waals surface area contributed by atoms with Gasteiger partial charge in [-0.05, 0) is 37.0 Å². The van der Waals surface area contributed by atoms with Gasteiger partial charge in [-0.2, -0.15) is 0 Å². The van der Waals surface area contributed by atoms with Crippen molar-refractivity contribution in [1.29, 1.82) is 0 Å². The second kappa shape index (κ2) is 8.33. The van der Waals surface area contributed by atoms with E-state index in [0.29, 0.717) is 12.1 Å². The van der Waals surface area contributed by atoms with Gasteiger partial charge in [0.1, 0.15) is 5.82 Å². The molecule has 0 amide bonds. The van der Waals surface area contributed by atoms with Crippen molar-refractivity contribution in [2.75, 3.05) is 13.2 Å². The molecule has 1 aliphatic carbocycles. The monoisotopic (exact) mass is 330 g/mol. The van der Waals surface area contributed by atoms with E-state index in [0.717, 1.165) is 25.0 Å². The van der Waals surface area contributed by atoms with Crippen LogP contribution in [0.4, 0.5) is 4.39 Å². The molecule has 1 aliphatic rings. The number of ether oxygens (including phenoxy) is 1. The zero-order valence-electron chi connectivity index (χ0n) is 13.6. The molecule has 0 spiro atoms. The van der Waals surface area contributed by atoms with Gasteiger partial charge in [0, 0.05) is 30.0 Å². The van der Waals surface area contributed by atoms with Crippen molar-refractivity contribution in [1.82, 2.24) is 10.3 Å². The molecule has 0 radical (unpaired) electrons. The minimum Gasteiger partial charge on any atom is -0.389 e. The van der Waals surface area contributed by atoms with E-state index >= 15 is 0 Å². The standard InChI is InChI=1S/C19H23FN2O2/c20-17-7-2-1-5-14(17)12-24-13-15(23)11-22-19-9-3-8-18-16(19)6-4-10-21-18/h1-2,4-7,10,15,19,22-23H,3,8-9,11-13H2. The smallest absolute Gasteiger partial charge is 0.128 e. The zero-order chi connectivity index (χ0) is 16.8. The molecule has 24 heavy (non-hydrogen) atoms. The van der Waals surface area contributed by atoms with Gasteiger partial charge in [0.25, 0.3) is 0 Å². The van der Waals surface area contributed by atoms with Crippen LogP contribution < -0.4 is 5.32 Å². The summed E-state index contributed by atoms with van der Waals surface area (Å²) in [6.07, 6.45) is 4.36. The molecule has 3 rings (SSSR count). The molecule has 5 heteroatoms. The van der Waals surface area contributed by atoms with E-state index in [1.54, 1.807) is 18.2 Å². The SMILES string of the molecule is OC(CNC1CCCc2ncccc21)COCc1ccccc1F. The summed E-state index contributed by atoms with van der Waals surface area (Å²) in [5, 5.41) is 13.5. The number of nitrogens with one attached hydrogen (secondary N) is 1. The summed E-state index contributed by atoms with van der Waals surface area (Å²) >= 11 is 0. The molecule has 4 nitrogen and oxygen atoms in total. The molecule has 1 heterocycles. The number of fused-ring (bicyclic) bond motifs is 1. The molecule has 0 aliphatic heterocycles. The molecule has 2 N–H and O–H groups in total. The summed E-state index contributed by atoms with van der Waals surface area (Å²) in [5.41, 5.74) is 2.87. The lowest BCUT2D eigenvalue weighted by atomic mass is 9.91. The van der Waals surface area contributed by atoms with Crippen molar-refractivity contribution in [2.24, 2.45) is 0 Å². The van der Waals surface area contributed by atoms with E-state index in [1.807, 2.05) is 12.3 Å². The van der Waals surface area contributed by atoms with Gasteiger partial charge in [-0.25, -0.2) is 4.39 Å². The number of rotatable bonds is 7. The summed E-state index contributed by atoms with van der Waals surface area (Å²) in [4.78, 5) is 4.43. The van der Waals surface area contributed by atoms with E-state index in [-0.39, 0.29) is 25.1 Å². The number of aliphatic hydroxyl groups is 1. The Morgan fingerprint density at radius 2 is 2.17 bits per heavy atom. The number of hydrogen-bond acceptors (Lipinski definition) is 4. The van der Waals surface area contributed by atoms with Crippen LogP contribution in [0.3, 0.4) is 0 Å². The number of halogens is 1. The third-order valence-electron chi connectivity index (χ3n) is 4.33. The predicted octanol–water partition coefficient (Wildman–Crippen LogP) is 2.77. The van der Waals surface area contributed by atoms with Crippen LogP contribution in [0, 0.1) is 5.82 Å². The first-order valence-electron chi connectivity index (χ1n) is 8.40. The second-order valence-corrected chi connectivity index (χ2v) is 6.15. The van der Waals surface area contributed by atoms with E-state index < -0.39 is 6.10 Å². The van der Waals surface area contributed by atoms with Gasteiger partial charge in [-0.15, -0.1) is 0 Å². The maximum absolute atomic E-state index is 13.5. The number of benzene rings is 1. The molecule has 2 unspecified atom stereocenters. The lowest BCUT2D eigenvalue weighted by molar-refractivity contribution is 0.0263. The number of pyridine rings is 1. The van der Waals surface area contributed by atoms with Gasteiger partial charge in [0.2, 0.25) is 0 Å². The number of aromatic nitrogens is 1. The van der Waals surface area contributed by atoms with Crippen LogP contribution in [0.15, 0.2) is 42.6 Å². The van der Waals surface area contributed by atoms with Gasteiger partial charge in [0.05, 0.1) is 19.3 Å². The minimum absolute atomic E-state index is 0.167. The van der Waals surface area contributed by atoms with Gasteiger partial charge < -0.3 is 15.2 Å². The van der Waals surface area contributed by atoms with Crippen molar-refractivity contribution < 1.29 is 14.2 Å². The Kier molecular flexibility index (Phi) is 5.91. The van der Waals surface area contributed by atoms with E-state index in [1.165, 1.54) is 11.6 Å². The molecule has 1 aromatic carbocycles. The fourth-order valence-corrected chi connectivity index (χ4v) is 3.08. The predicted molar refractivity (Wildman–Crippen MR) is 90.0 cm³/mol. The van der Waals surface area contributed by atoms with E-state index in [9.17, 15) is 9.50 Å². The van der Waals surface area contributed by atoms with E-state index in [2.05, 4.69) is 16.4 Å². The third-order valence-corrected chi connectivity index (χ3v) is 4.33. The summed E-state index contributed by atoms with van der Waals surface area (Å²) in [6, 6.07) is 10.8. The first-order valence-corrected chi connectivity index (χ1v) is 8.40. The Hall–Kier alpha value is -1.82. The summed E-state index contributed by atoms with van der Waals surface area (Å²) in [6.45, 7) is 0.782. The summed E-state index contributed by atoms with van der Waals surface area (Å²) in [5.74, 6) is -0.281. The number of aryl methyl sites for hydroxylation is 1. The van der Waals surface area contributed by atoms with Crippen molar-refractivity contribution in [3.8, 4) is 0 Å². The van der Waals surface area contributed by atoms with Crippen LogP contribution in [-0.4, -0.2) is 29.3 Å². The van der Waals surface area contributed by atoms with Crippen LogP contribution in [0.2, 0.25) is 0 Å². The highest BCUT2D eigenvalue weighted by Crippen LogP contribution is 2.27. The third kappa shape index (κ3) is 4.38. The normalized spacial score (nSPS) is 18.2. The Morgan fingerprint density at radius 3 is 3.04 bits per heavy atom. The van der Waals surface area contributed by atoms with Gasteiger partial charge >= 0.3 is 0 Å². The second-order valence-electron chi connectivity index (χ2n) is 6.15. The lowest BCUT2D eigenvalue weighted by Crippen LogP contribution is -2.34. The van der Waals surface area contributed by atoms with Crippen molar-refractivity contribution in [3.63, 3.8) is 0 Å². The Bertz CT molecular complexity index is 665.